The molecule has 2 amide bonds. The van der Waals surface area contributed by atoms with Gasteiger partial charge < -0.3 is 10.6 Å². The molecule has 2 N–H and O–H groups in total. The minimum Gasteiger partial charge on any atom is -0.338 e. The number of hydrogen-bond acceptors (Lipinski definition) is 1. The molecule has 0 aliphatic carbocycles. The number of carbonyl (C=O) groups excluding carboxylic acids is 1. The number of rotatable bonds is 5. The highest BCUT2D eigenvalue weighted by Gasteiger charge is 2.09. The van der Waals surface area contributed by atoms with E-state index in [0.717, 1.165) is 24.9 Å². The SMILES string of the molecule is CC(C)(C)CCCNC(=O)NCc1ccccc1. The lowest BCUT2D eigenvalue weighted by atomic mass is 9.91. The summed E-state index contributed by atoms with van der Waals surface area (Å²) in [5, 5.41) is 5.72. The van der Waals surface area contributed by atoms with E-state index in [1.807, 2.05) is 30.3 Å². The normalized spacial score (nSPS) is 11.1. The van der Waals surface area contributed by atoms with Crippen LogP contribution < -0.4 is 10.6 Å². The second kappa shape index (κ2) is 7.04. The maximum Gasteiger partial charge on any atom is 0.315 e. The van der Waals surface area contributed by atoms with Crippen LogP contribution in [0.15, 0.2) is 30.3 Å². The second-order valence-electron chi connectivity index (χ2n) is 5.76. The quantitative estimate of drug-likeness (QED) is 0.771. The van der Waals surface area contributed by atoms with Crippen LogP contribution in [0.4, 0.5) is 4.79 Å². The summed E-state index contributed by atoms with van der Waals surface area (Å²) in [4.78, 5) is 11.5. The Kier molecular flexibility index (Phi) is 5.69. The van der Waals surface area contributed by atoms with Crippen LogP contribution >= 0.6 is 0 Å². The fourth-order valence-corrected chi connectivity index (χ4v) is 1.66. The Morgan fingerprint density at radius 2 is 1.78 bits per heavy atom. The molecule has 0 fully saturated rings. The summed E-state index contributed by atoms with van der Waals surface area (Å²) in [5.74, 6) is 0. The van der Waals surface area contributed by atoms with Gasteiger partial charge in [0.15, 0.2) is 0 Å². The Hall–Kier alpha value is -1.51. The first kappa shape index (κ1) is 14.6. The third-order valence-corrected chi connectivity index (χ3v) is 2.69. The van der Waals surface area contributed by atoms with Gasteiger partial charge in [-0.15, -0.1) is 0 Å². The Morgan fingerprint density at radius 1 is 1.11 bits per heavy atom. The number of benzene rings is 1. The molecule has 0 atom stereocenters. The zero-order valence-electron chi connectivity index (χ0n) is 11.6. The molecule has 0 spiro atoms. The van der Waals surface area contributed by atoms with E-state index in [2.05, 4.69) is 31.4 Å². The largest absolute Gasteiger partial charge is 0.338 e. The maximum atomic E-state index is 11.5. The third-order valence-electron chi connectivity index (χ3n) is 2.69. The molecule has 1 aromatic carbocycles. The van der Waals surface area contributed by atoms with Gasteiger partial charge in [0.1, 0.15) is 0 Å². The summed E-state index contributed by atoms with van der Waals surface area (Å²) in [6.07, 6.45) is 2.13. The molecule has 1 aromatic rings. The summed E-state index contributed by atoms with van der Waals surface area (Å²) in [6.45, 7) is 7.94. The fraction of sp³-hybridized carbons (Fsp3) is 0.533. The van der Waals surface area contributed by atoms with Gasteiger partial charge in [0, 0.05) is 13.1 Å². The van der Waals surface area contributed by atoms with Gasteiger partial charge in [-0.1, -0.05) is 51.1 Å². The van der Waals surface area contributed by atoms with Crippen molar-refractivity contribution in [2.75, 3.05) is 6.54 Å². The zero-order chi connectivity index (χ0) is 13.4. The third kappa shape index (κ3) is 6.94. The minimum atomic E-state index is -0.0900. The van der Waals surface area contributed by atoms with Crippen LogP contribution in [0.2, 0.25) is 0 Å². The van der Waals surface area contributed by atoms with Gasteiger partial charge in [0.05, 0.1) is 0 Å². The number of carbonyl (C=O) groups is 1. The molecule has 0 unspecified atom stereocenters. The standard InChI is InChI=1S/C15H24N2O/c1-15(2,3)10-7-11-16-14(18)17-12-13-8-5-4-6-9-13/h4-6,8-9H,7,10-12H2,1-3H3,(H2,16,17,18). The van der Waals surface area contributed by atoms with E-state index >= 15 is 0 Å². The van der Waals surface area contributed by atoms with E-state index in [1.54, 1.807) is 0 Å². The van der Waals surface area contributed by atoms with Gasteiger partial charge in [0.25, 0.3) is 0 Å². The summed E-state index contributed by atoms with van der Waals surface area (Å²) in [5.41, 5.74) is 1.45. The van der Waals surface area contributed by atoms with E-state index < -0.39 is 0 Å². The monoisotopic (exact) mass is 248 g/mol. The van der Waals surface area contributed by atoms with Crippen molar-refractivity contribution >= 4 is 6.03 Å². The van der Waals surface area contributed by atoms with Gasteiger partial charge in [0.2, 0.25) is 0 Å². The van der Waals surface area contributed by atoms with Crippen molar-refractivity contribution < 1.29 is 4.79 Å². The van der Waals surface area contributed by atoms with Crippen molar-refractivity contribution in [1.29, 1.82) is 0 Å². The molecule has 0 saturated carbocycles. The first-order valence-electron chi connectivity index (χ1n) is 6.53. The van der Waals surface area contributed by atoms with Crippen LogP contribution in [-0.4, -0.2) is 12.6 Å². The van der Waals surface area contributed by atoms with Crippen molar-refractivity contribution in [3.63, 3.8) is 0 Å². The fourth-order valence-electron chi connectivity index (χ4n) is 1.66. The van der Waals surface area contributed by atoms with Crippen LogP contribution in [0, 0.1) is 5.41 Å². The highest BCUT2D eigenvalue weighted by molar-refractivity contribution is 5.73. The molecule has 3 heteroatoms. The molecule has 0 aromatic heterocycles. The number of amides is 2. The first-order chi connectivity index (χ1) is 8.47. The summed E-state index contributed by atoms with van der Waals surface area (Å²) in [7, 11) is 0. The molecule has 1 rings (SSSR count). The Morgan fingerprint density at radius 3 is 2.39 bits per heavy atom. The Labute approximate surface area is 110 Å². The van der Waals surface area contributed by atoms with Gasteiger partial charge in [-0.25, -0.2) is 4.79 Å². The van der Waals surface area contributed by atoms with Crippen molar-refractivity contribution in [3.8, 4) is 0 Å². The van der Waals surface area contributed by atoms with E-state index in [-0.39, 0.29) is 6.03 Å². The first-order valence-corrected chi connectivity index (χ1v) is 6.53. The minimum absolute atomic E-state index is 0.0900. The predicted octanol–water partition coefficient (Wildman–Crippen LogP) is 3.31. The van der Waals surface area contributed by atoms with Crippen molar-refractivity contribution in [3.05, 3.63) is 35.9 Å². The van der Waals surface area contributed by atoms with Gasteiger partial charge >= 0.3 is 6.03 Å². The van der Waals surface area contributed by atoms with Crippen LogP contribution in [0.5, 0.6) is 0 Å². The lowest BCUT2D eigenvalue weighted by molar-refractivity contribution is 0.239. The van der Waals surface area contributed by atoms with Crippen molar-refractivity contribution in [2.45, 2.75) is 40.2 Å². The maximum absolute atomic E-state index is 11.5. The van der Waals surface area contributed by atoms with E-state index in [0.29, 0.717) is 12.0 Å². The molecule has 0 bridgehead atoms. The molecule has 0 aliphatic heterocycles. The highest BCUT2D eigenvalue weighted by Crippen LogP contribution is 2.19. The number of nitrogens with one attached hydrogen (secondary N) is 2. The van der Waals surface area contributed by atoms with Gasteiger partial charge in [-0.05, 0) is 23.8 Å². The molecule has 3 nitrogen and oxygen atoms in total. The van der Waals surface area contributed by atoms with Crippen LogP contribution in [0.1, 0.15) is 39.2 Å². The molecular weight excluding hydrogens is 224 g/mol. The highest BCUT2D eigenvalue weighted by atomic mass is 16.2. The molecule has 100 valence electrons. The molecule has 0 radical (unpaired) electrons. The Bertz CT molecular complexity index is 355. The molecule has 18 heavy (non-hydrogen) atoms. The second-order valence-corrected chi connectivity index (χ2v) is 5.76. The Balaban J connectivity index is 2.11. The lowest BCUT2D eigenvalue weighted by Crippen LogP contribution is -2.35. The summed E-state index contributed by atoms with van der Waals surface area (Å²) in [6, 6.07) is 9.82. The average molecular weight is 248 g/mol. The average Bonchev–Trinajstić information content (AvgIpc) is 2.32. The van der Waals surface area contributed by atoms with Crippen LogP contribution in [-0.2, 0) is 6.54 Å². The van der Waals surface area contributed by atoms with Crippen LogP contribution in [0.25, 0.3) is 0 Å². The molecule has 0 saturated heterocycles. The van der Waals surface area contributed by atoms with Crippen LogP contribution in [0.3, 0.4) is 0 Å². The van der Waals surface area contributed by atoms with Crippen molar-refractivity contribution in [1.82, 2.24) is 10.6 Å². The van der Waals surface area contributed by atoms with Gasteiger partial charge in [-0.2, -0.15) is 0 Å². The van der Waals surface area contributed by atoms with E-state index in [9.17, 15) is 4.79 Å². The van der Waals surface area contributed by atoms with E-state index in [4.69, 9.17) is 0 Å². The molecule has 0 aliphatic rings. The number of urea groups is 1. The topological polar surface area (TPSA) is 41.1 Å². The smallest absolute Gasteiger partial charge is 0.315 e. The summed E-state index contributed by atoms with van der Waals surface area (Å²) < 4.78 is 0. The van der Waals surface area contributed by atoms with E-state index in [1.165, 1.54) is 0 Å². The summed E-state index contributed by atoms with van der Waals surface area (Å²) >= 11 is 0. The van der Waals surface area contributed by atoms with Gasteiger partial charge in [-0.3, -0.25) is 0 Å². The molecule has 0 heterocycles. The predicted molar refractivity (Wildman–Crippen MR) is 75.4 cm³/mol. The zero-order valence-corrected chi connectivity index (χ0v) is 11.6. The molecular formula is C15H24N2O. The number of hydrogen-bond donors (Lipinski definition) is 2. The van der Waals surface area contributed by atoms with Crippen molar-refractivity contribution in [2.24, 2.45) is 5.41 Å². The lowest BCUT2D eigenvalue weighted by Gasteiger charge is -2.17.